The molecule has 4 nitrogen and oxygen atoms in total. The van der Waals surface area contributed by atoms with E-state index in [9.17, 15) is 9.18 Å². The summed E-state index contributed by atoms with van der Waals surface area (Å²) in [5.74, 6) is 0.599. The number of nitrogens with one attached hydrogen (secondary N) is 1. The molecular formula is C13H13FN2O2. The molecular weight excluding hydrogens is 235 g/mol. The Morgan fingerprint density at radius 3 is 2.94 bits per heavy atom. The van der Waals surface area contributed by atoms with Gasteiger partial charge in [0.05, 0.1) is 6.33 Å². The van der Waals surface area contributed by atoms with Crippen LogP contribution >= 0.6 is 0 Å². The fourth-order valence-corrected chi connectivity index (χ4v) is 1.53. The molecule has 5 heteroatoms. The standard InChI is InChI=1S/C13H13FN2O2/c14-6-9(7-15)8-18-11-2-3-12-10(5-11)1-4-13(17)16-12/h1-6H,7-8,15H2,(H,16,17)/b9-6+. The first kappa shape index (κ1) is 12.3. The third-order valence-electron chi connectivity index (χ3n) is 2.54. The van der Waals surface area contributed by atoms with E-state index in [0.717, 1.165) is 10.9 Å². The van der Waals surface area contributed by atoms with E-state index in [4.69, 9.17) is 10.5 Å². The Kier molecular flexibility index (Phi) is 3.74. The fraction of sp³-hybridized carbons (Fsp3) is 0.154. The first-order valence-electron chi connectivity index (χ1n) is 5.47. The Balaban J connectivity index is 2.20. The highest BCUT2D eigenvalue weighted by molar-refractivity contribution is 5.79. The zero-order valence-electron chi connectivity index (χ0n) is 9.65. The summed E-state index contributed by atoms with van der Waals surface area (Å²) in [5, 5.41) is 0.852. The summed E-state index contributed by atoms with van der Waals surface area (Å²) < 4.78 is 17.7. The summed E-state index contributed by atoms with van der Waals surface area (Å²) in [7, 11) is 0. The molecule has 0 saturated carbocycles. The van der Waals surface area contributed by atoms with E-state index in [1.165, 1.54) is 6.07 Å². The van der Waals surface area contributed by atoms with E-state index >= 15 is 0 Å². The number of hydrogen-bond donors (Lipinski definition) is 2. The monoisotopic (exact) mass is 248 g/mol. The Labute approximate surface area is 103 Å². The number of pyridine rings is 1. The van der Waals surface area contributed by atoms with E-state index < -0.39 is 0 Å². The van der Waals surface area contributed by atoms with Crippen molar-refractivity contribution in [2.75, 3.05) is 13.2 Å². The minimum atomic E-state index is -0.151. The van der Waals surface area contributed by atoms with Gasteiger partial charge in [-0.25, -0.2) is 4.39 Å². The van der Waals surface area contributed by atoms with Crippen molar-refractivity contribution in [3.8, 4) is 5.75 Å². The number of rotatable bonds is 4. The second-order valence-corrected chi connectivity index (χ2v) is 3.83. The number of aromatic amines is 1. The molecule has 94 valence electrons. The topological polar surface area (TPSA) is 68.1 Å². The minimum Gasteiger partial charge on any atom is -0.489 e. The van der Waals surface area contributed by atoms with Crippen molar-refractivity contribution in [3.63, 3.8) is 0 Å². The largest absolute Gasteiger partial charge is 0.489 e. The van der Waals surface area contributed by atoms with Crippen LogP contribution in [-0.2, 0) is 0 Å². The van der Waals surface area contributed by atoms with Gasteiger partial charge in [0.2, 0.25) is 5.56 Å². The summed E-state index contributed by atoms with van der Waals surface area (Å²) in [5.41, 5.74) is 6.29. The van der Waals surface area contributed by atoms with Gasteiger partial charge in [-0.05, 0) is 24.3 Å². The molecule has 1 heterocycles. The van der Waals surface area contributed by atoms with Crippen LogP contribution in [0, 0.1) is 0 Å². The summed E-state index contributed by atoms with van der Waals surface area (Å²) in [6.45, 7) is 0.235. The third kappa shape index (κ3) is 2.75. The summed E-state index contributed by atoms with van der Waals surface area (Å²) >= 11 is 0. The lowest BCUT2D eigenvalue weighted by Crippen LogP contribution is -2.10. The molecule has 0 aliphatic rings. The van der Waals surface area contributed by atoms with Gasteiger partial charge < -0.3 is 15.5 Å². The molecule has 0 atom stereocenters. The van der Waals surface area contributed by atoms with Crippen molar-refractivity contribution >= 4 is 10.9 Å². The van der Waals surface area contributed by atoms with Crippen LogP contribution in [0.2, 0.25) is 0 Å². The molecule has 0 amide bonds. The highest BCUT2D eigenvalue weighted by atomic mass is 19.1. The smallest absolute Gasteiger partial charge is 0.248 e. The van der Waals surface area contributed by atoms with Gasteiger partial charge in [0.25, 0.3) is 0 Å². The lowest BCUT2D eigenvalue weighted by atomic mass is 10.2. The van der Waals surface area contributed by atoms with E-state index in [1.54, 1.807) is 24.3 Å². The van der Waals surface area contributed by atoms with Crippen LogP contribution < -0.4 is 16.0 Å². The maximum atomic E-state index is 12.3. The maximum Gasteiger partial charge on any atom is 0.248 e. The number of hydrogen-bond acceptors (Lipinski definition) is 3. The molecule has 18 heavy (non-hydrogen) atoms. The quantitative estimate of drug-likeness (QED) is 0.865. The molecule has 1 aromatic heterocycles. The van der Waals surface area contributed by atoms with Crippen LogP contribution in [0.4, 0.5) is 4.39 Å². The highest BCUT2D eigenvalue weighted by Crippen LogP contribution is 2.18. The molecule has 0 radical (unpaired) electrons. The number of halogens is 1. The highest BCUT2D eigenvalue weighted by Gasteiger charge is 2.00. The van der Waals surface area contributed by atoms with Gasteiger partial charge in [-0.1, -0.05) is 0 Å². The molecule has 0 saturated heterocycles. The average Bonchev–Trinajstić information content (AvgIpc) is 2.40. The Morgan fingerprint density at radius 2 is 2.22 bits per heavy atom. The van der Waals surface area contributed by atoms with Gasteiger partial charge in [-0.2, -0.15) is 0 Å². The molecule has 0 aliphatic heterocycles. The number of H-pyrrole nitrogens is 1. The van der Waals surface area contributed by atoms with E-state index in [0.29, 0.717) is 17.7 Å². The SMILES string of the molecule is NC/C(=C\F)COc1ccc2[nH]c(=O)ccc2c1. The molecule has 3 N–H and O–H groups in total. The Morgan fingerprint density at radius 1 is 1.39 bits per heavy atom. The number of ether oxygens (including phenoxy) is 1. The van der Waals surface area contributed by atoms with Crippen LogP contribution in [0.5, 0.6) is 5.75 Å². The van der Waals surface area contributed by atoms with E-state index in [-0.39, 0.29) is 18.7 Å². The van der Waals surface area contributed by atoms with Gasteiger partial charge in [0.15, 0.2) is 0 Å². The van der Waals surface area contributed by atoms with Crippen LogP contribution in [-0.4, -0.2) is 18.1 Å². The van der Waals surface area contributed by atoms with Crippen molar-refractivity contribution in [1.29, 1.82) is 0 Å². The fourth-order valence-electron chi connectivity index (χ4n) is 1.53. The molecule has 0 spiro atoms. The summed E-state index contributed by atoms with van der Waals surface area (Å²) in [6.07, 6.45) is 0.457. The maximum absolute atomic E-state index is 12.3. The van der Waals surface area contributed by atoms with Crippen molar-refractivity contribution < 1.29 is 9.13 Å². The van der Waals surface area contributed by atoms with E-state index in [2.05, 4.69) is 4.98 Å². The Hall–Kier alpha value is -2.14. The first-order chi connectivity index (χ1) is 8.72. The van der Waals surface area contributed by atoms with Gasteiger partial charge in [0, 0.05) is 29.1 Å². The number of nitrogens with two attached hydrogens (primary N) is 1. The predicted octanol–water partition coefficient (Wildman–Crippen LogP) is 1.72. The minimum absolute atomic E-state index is 0.113. The zero-order chi connectivity index (χ0) is 13.0. The summed E-state index contributed by atoms with van der Waals surface area (Å²) in [4.78, 5) is 13.8. The number of fused-ring (bicyclic) bond motifs is 1. The number of benzene rings is 1. The van der Waals surface area contributed by atoms with Crippen LogP contribution in [0.15, 0.2) is 47.0 Å². The normalized spacial score (nSPS) is 11.8. The van der Waals surface area contributed by atoms with Gasteiger partial charge in [-0.3, -0.25) is 4.79 Å². The molecule has 2 aromatic rings. The molecule has 0 aliphatic carbocycles. The molecule has 0 unspecified atom stereocenters. The zero-order valence-corrected chi connectivity index (χ0v) is 9.65. The second kappa shape index (κ2) is 5.46. The van der Waals surface area contributed by atoms with Crippen molar-refractivity contribution in [3.05, 3.63) is 52.6 Å². The lowest BCUT2D eigenvalue weighted by molar-refractivity contribution is 0.348. The van der Waals surface area contributed by atoms with E-state index in [1.807, 2.05) is 0 Å². The van der Waals surface area contributed by atoms with Crippen molar-refractivity contribution in [2.24, 2.45) is 5.73 Å². The van der Waals surface area contributed by atoms with Crippen LogP contribution in [0.1, 0.15) is 0 Å². The molecule has 0 bridgehead atoms. The van der Waals surface area contributed by atoms with Gasteiger partial charge in [0.1, 0.15) is 12.4 Å². The molecule has 0 fully saturated rings. The molecule has 1 aromatic carbocycles. The average molecular weight is 248 g/mol. The van der Waals surface area contributed by atoms with Gasteiger partial charge in [-0.15, -0.1) is 0 Å². The molecule has 2 rings (SSSR count). The third-order valence-corrected chi connectivity index (χ3v) is 2.54. The number of aromatic nitrogens is 1. The van der Waals surface area contributed by atoms with Crippen molar-refractivity contribution in [2.45, 2.75) is 0 Å². The van der Waals surface area contributed by atoms with Crippen LogP contribution in [0.3, 0.4) is 0 Å². The van der Waals surface area contributed by atoms with Gasteiger partial charge >= 0.3 is 0 Å². The van der Waals surface area contributed by atoms with Crippen molar-refractivity contribution in [1.82, 2.24) is 4.98 Å². The second-order valence-electron chi connectivity index (χ2n) is 3.83. The van der Waals surface area contributed by atoms with Crippen LogP contribution in [0.25, 0.3) is 10.9 Å². The predicted molar refractivity (Wildman–Crippen MR) is 68.3 cm³/mol. The summed E-state index contributed by atoms with van der Waals surface area (Å²) in [6, 6.07) is 8.38. The first-order valence-corrected chi connectivity index (χ1v) is 5.47. The lowest BCUT2D eigenvalue weighted by Gasteiger charge is -2.08. The Bertz CT molecular complexity index is 634.